The van der Waals surface area contributed by atoms with Gasteiger partial charge < -0.3 is 9.15 Å². The topological polar surface area (TPSA) is 39.4 Å². The summed E-state index contributed by atoms with van der Waals surface area (Å²) >= 11 is 0. The van der Waals surface area contributed by atoms with Crippen LogP contribution in [0.3, 0.4) is 0 Å². The van der Waals surface area contributed by atoms with Crippen molar-refractivity contribution in [3.05, 3.63) is 41.6 Å². The van der Waals surface area contributed by atoms with Crippen molar-refractivity contribution >= 4 is 12.0 Å². The third kappa shape index (κ3) is 1.54. The molecular formula is C10H8O3. The molecule has 0 radical (unpaired) electrons. The number of cyclic esters (lactones) is 1. The number of ether oxygens (including phenoxy) is 1. The lowest BCUT2D eigenvalue weighted by molar-refractivity contribution is -0.133. The van der Waals surface area contributed by atoms with Gasteiger partial charge in [0, 0.05) is 0 Å². The van der Waals surface area contributed by atoms with Crippen LogP contribution in [0.5, 0.6) is 0 Å². The third-order valence-electron chi connectivity index (χ3n) is 1.69. The first-order valence-electron chi connectivity index (χ1n) is 3.91. The second-order valence-corrected chi connectivity index (χ2v) is 2.76. The summed E-state index contributed by atoms with van der Waals surface area (Å²) in [7, 11) is 0. The highest BCUT2D eigenvalue weighted by atomic mass is 16.5. The highest BCUT2D eigenvalue weighted by Gasteiger charge is 2.17. The van der Waals surface area contributed by atoms with Crippen LogP contribution in [0.4, 0.5) is 0 Å². The molecule has 0 saturated carbocycles. The van der Waals surface area contributed by atoms with E-state index in [4.69, 9.17) is 9.15 Å². The summed E-state index contributed by atoms with van der Waals surface area (Å²) in [6.45, 7) is 1.74. The predicted octanol–water partition coefficient (Wildman–Crippen LogP) is 2.12. The highest BCUT2D eigenvalue weighted by molar-refractivity contribution is 5.99. The monoisotopic (exact) mass is 176 g/mol. The Hall–Kier alpha value is -1.77. The molecule has 2 rings (SSSR count). The number of carbonyl (C=O) groups excluding carboxylic acids is 1. The van der Waals surface area contributed by atoms with E-state index in [1.54, 1.807) is 37.5 Å². The van der Waals surface area contributed by atoms with E-state index < -0.39 is 0 Å². The first-order chi connectivity index (χ1) is 6.25. The maximum atomic E-state index is 11.1. The molecule has 0 unspecified atom stereocenters. The molecule has 1 aromatic heterocycles. The van der Waals surface area contributed by atoms with E-state index in [0.717, 1.165) is 0 Å². The molecule has 0 amide bonds. The first kappa shape index (κ1) is 7.86. The number of hydrogen-bond acceptors (Lipinski definition) is 3. The zero-order valence-electron chi connectivity index (χ0n) is 7.11. The molecular weight excluding hydrogens is 168 g/mol. The quantitative estimate of drug-likeness (QED) is 0.486. The number of carbonyl (C=O) groups is 1. The summed E-state index contributed by atoms with van der Waals surface area (Å²) in [6.07, 6.45) is 4.90. The van der Waals surface area contributed by atoms with Gasteiger partial charge in [-0.05, 0) is 31.2 Å². The van der Waals surface area contributed by atoms with Crippen molar-refractivity contribution in [2.45, 2.75) is 6.92 Å². The van der Waals surface area contributed by atoms with Crippen molar-refractivity contribution in [1.82, 2.24) is 0 Å². The highest BCUT2D eigenvalue weighted by Crippen LogP contribution is 2.19. The fourth-order valence-corrected chi connectivity index (χ4v) is 1.14. The average Bonchev–Trinajstić information content (AvgIpc) is 2.63. The zero-order chi connectivity index (χ0) is 9.26. The maximum absolute atomic E-state index is 11.1. The van der Waals surface area contributed by atoms with Crippen LogP contribution in [-0.4, -0.2) is 5.97 Å². The lowest BCUT2D eigenvalue weighted by atomic mass is 10.2. The van der Waals surface area contributed by atoms with Gasteiger partial charge in [0.15, 0.2) is 0 Å². The molecule has 0 fully saturated rings. The largest absolute Gasteiger partial charge is 0.465 e. The number of esters is 1. The van der Waals surface area contributed by atoms with E-state index in [1.165, 1.54) is 0 Å². The Morgan fingerprint density at radius 2 is 2.31 bits per heavy atom. The van der Waals surface area contributed by atoms with E-state index in [0.29, 0.717) is 17.1 Å². The average molecular weight is 176 g/mol. The summed E-state index contributed by atoms with van der Waals surface area (Å²) in [5.41, 5.74) is 0.521. The molecule has 1 aromatic rings. The van der Waals surface area contributed by atoms with E-state index in [2.05, 4.69) is 0 Å². The molecule has 0 N–H and O–H groups in total. The number of allylic oxidation sites excluding steroid dienone is 1. The van der Waals surface area contributed by atoms with Crippen LogP contribution in [0.1, 0.15) is 12.7 Å². The molecule has 0 saturated heterocycles. The minimum absolute atomic E-state index is 0.325. The van der Waals surface area contributed by atoms with Crippen molar-refractivity contribution in [2.75, 3.05) is 0 Å². The van der Waals surface area contributed by atoms with Crippen molar-refractivity contribution < 1.29 is 13.9 Å². The minimum atomic E-state index is -0.325. The normalized spacial score (nSPS) is 19.0. The molecule has 0 spiro atoms. The molecule has 1 aliphatic heterocycles. The molecule has 0 aliphatic carbocycles. The van der Waals surface area contributed by atoms with Crippen molar-refractivity contribution in [2.24, 2.45) is 0 Å². The maximum Gasteiger partial charge on any atom is 0.343 e. The predicted molar refractivity (Wildman–Crippen MR) is 46.5 cm³/mol. The number of hydrogen-bond donors (Lipinski definition) is 0. The Kier molecular flexibility index (Phi) is 1.77. The molecule has 0 bridgehead atoms. The van der Waals surface area contributed by atoms with Crippen molar-refractivity contribution in [3.63, 3.8) is 0 Å². The third-order valence-corrected chi connectivity index (χ3v) is 1.69. The van der Waals surface area contributed by atoms with Crippen LogP contribution in [0.15, 0.2) is 40.2 Å². The van der Waals surface area contributed by atoms with Gasteiger partial charge in [0.1, 0.15) is 11.5 Å². The van der Waals surface area contributed by atoms with Crippen LogP contribution in [-0.2, 0) is 9.53 Å². The van der Waals surface area contributed by atoms with Gasteiger partial charge in [0.2, 0.25) is 0 Å². The van der Waals surface area contributed by atoms with E-state index in [-0.39, 0.29) is 5.97 Å². The van der Waals surface area contributed by atoms with Gasteiger partial charge in [0.05, 0.1) is 11.8 Å². The summed E-state index contributed by atoms with van der Waals surface area (Å²) in [5.74, 6) is 0.939. The number of rotatable bonds is 1. The second-order valence-electron chi connectivity index (χ2n) is 2.76. The standard InChI is InChI=1S/C10H8O3/c1-7-5-8(10(11)13-7)6-9-3-2-4-12-9/h2-6H,1H3/b8-6+. The summed E-state index contributed by atoms with van der Waals surface area (Å²) in [5, 5.41) is 0. The Bertz CT molecular complexity index is 382. The van der Waals surface area contributed by atoms with Gasteiger partial charge in [-0.2, -0.15) is 0 Å². The Morgan fingerprint density at radius 3 is 2.85 bits per heavy atom. The van der Waals surface area contributed by atoms with Crippen LogP contribution < -0.4 is 0 Å². The van der Waals surface area contributed by atoms with Gasteiger partial charge in [-0.15, -0.1) is 0 Å². The summed E-state index contributed by atoms with van der Waals surface area (Å²) < 4.78 is 9.90. The van der Waals surface area contributed by atoms with Crippen molar-refractivity contribution in [1.29, 1.82) is 0 Å². The lowest BCUT2D eigenvalue weighted by Gasteiger charge is -1.90. The fourth-order valence-electron chi connectivity index (χ4n) is 1.14. The second kappa shape index (κ2) is 2.94. The van der Waals surface area contributed by atoms with Crippen LogP contribution in [0.2, 0.25) is 0 Å². The van der Waals surface area contributed by atoms with E-state index >= 15 is 0 Å². The van der Waals surface area contributed by atoms with Crippen LogP contribution in [0, 0.1) is 0 Å². The molecule has 0 aromatic carbocycles. The first-order valence-corrected chi connectivity index (χ1v) is 3.91. The van der Waals surface area contributed by atoms with E-state index in [1.807, 2.05) is 0 Å². The van der Waals surface area contributed by atoms with Crippen LogP contribution >= 0.6 is 0 Å². The SMILES string of the molecule is CC1=C/C(=C\c2ccco2)C(=O)O1. The Balaban J connectivity index is 2.31. The molecule has 0 atom stereocenters. The lowest BCUT2D eigenvalue weighted by Crippen LogP contribution is -1.95. The number of furan rings is 1. The zero-order valence-corrected chi connectivity index (χ0v) is 7.11. The minimum Gasteiger partial charge on any atom is -0.465 e. The Morgan fingerprint density at radius 1 is 1.46 bits per heavy atom. The molecule has 1 aliphatic rings. The van der Waals surface area contributed by atoms with Gasteiger partial charge in [-0.25, -0.2) is 4.79 Å². The van der Waals surface area contributed by atoms with Crippen molar-refractivity contribution in [3.8, 4) is 0 Å². The summed E-state index contributed by atoms with van der Waals surface area (Å²) in [4.78, 5) is 11.1. The van der Waals surface area contributed by atoms with Gasteiger partial charge in [-0.3, -0.25) is 0 Å². The van der Waals surface area contributed by atoms with Gasteiger partial charge in [-0.1, -0.05) is 0 Å². The summed E-state index contributed by atoms with van der Waals surface area (Å²) in [6, 6.07) is 3.55. The molecule has 3 heteroatoms. The Labute approximate surface area is 75.3 Å². The van der Waals surface area contributed by atoms with E-state index in [9.17, 15) is 4.79 Å². The molecule has 2 heterocycles. The van der Waals surface area contributed by atoms with Gasteiger partial charge in [0.25, 0.3) is 0 Å². The van der Waals surface area contributed by atoms with Gasteiger partial charge >= 0.3 is 5.97 Å². The molecule has 3 nitrogen and oxygen atoms in total. The smallest absolute Gasteiger partial charge is 0.343 e. The molecule has 66 valence electrons. The molecule has 13 heavy (non-hydrogen) atoms. The fraction of sp³-hybridized carbons (Fsp3) is 0.100. The van der Waals surface area contributed by atoms with Crippen LogP contribution in [0.25, 0.3) is 6.08 Å².